The molecule has 0 N–H and O–H groups in total. The molecular weight excluding hydrogens is 534 g/mol. The molecule has 7 nitrogen and oxygen atoms in total. The van der Waals surface area contributed by atoms with E-state index in [2.05, 4.69) is 22.5 Å². The first-order valence-corrected chi connectivity index (χ1v) is 13.3. The third-order valence-corrected chi connectivity index (χ3v) is 8.02. The molecule has 192 valence electrons. The van der Waals surface area contributed by atoms with E-state index in [4.69, 9.17) is 4.74 Å². The maximum Gasteiger partial charge on any atom is 0.256 e. The highest BCUT2D eigenvalue weighted by Gasteiger charge is 2.32. The van der Waals surface area contributed by atoms with E-state index >= 15 is 0 Å². The molecule has 0 saturated carbocycles. The molecule has 0 radical (unpaired) electrons. The smallest absolute Gasteiger partial charge is 0.256 e. The predicted octanol–water partition coefficient (Wildman–Crippen LogP) is 4.52. The molecule has 2 aliphatic rings. The summed E-state index contributed by atoms with van der Waals surface area (Å²) in [6.07, 6.45) is 2.45. The number of ketones is 1. The summed E-state index contributed by atoms with van der Waals surface area (Å²) in [4.78, 5) is 42.2. The van der Waals surface area contributed by atoms with Crippen molar-refractivity contribution in [2.45, 2.75) is 32.9 Å². The van der Waals surface area contributed by atoms with Crippen molar-refractivity contribution in [3.8, 4) is 5.75 Å². The van der Waals surface area contributed by atoms with E-state index in [1.54, 1.807) is 12.0 Å². The number of aromatic nitrogens is 1. The second-order valence-electron chi connectivity index (χ2n) is 9.84. The summed E-state index contributed by atoms with van der Waals surface area (Å²) in [7, 11) is 1.67. The summed E-state index contributed by atoms with van der Waals surface area (Å²) in [5, 5.41) is 0.840. The van der Waals surface area contributed by atoms with Crippen molar-refractivity contribution in [1.82, 2.24) is 14.4 Å². The number of halogens is 1. The molecule has 0 spiro atoms. The number of amides is 2. The van der Waals surface area contributed by atoms with Gasteiger partial charge in [0.2, 0.25) is 5.91 Å². The lowest BCUT2D eigenvalue weighted by atomic mass is 9.94. The monoisotopic (exact) mass is 563 g/mol. The number of fused-ring (bicyclic) bond motifs is 2. The van der Waals surface area contributed by atoms with Gasteiger partial charge in [-0.05, 0) is 49.2 Å². The standard InChI is InChI=1S/C29H30BrN3O4/c1-4-27(35)32-14-19(15-32)12-22(34)17-33-18(2)28(24-13-21(30)8-9-25(24)33)29(36)31-11-10-23-20(16-31)6-5-7-26(23)37-3/h4-9,13,19H,1,10-12,14-17H2,2-3H3. The van der Waals surface area contributed by atoms with Crippen molar-refractivity contribution in [2.75, 3.05) is 26.7 Å². The van der Waals surface area contributed by atoms with Crippen LogP contribution >= 0.6 is 15.9 Å². The van der Waals surface area contributed by atoms with Crippen LogP contribution in [0.1, 0.15) is 33.6 Å². The first-order chi connectivity index (χ1) is 17.8. The molecule has 3 aromatic rings. The Bertz CT molecular complexity index is 1420. The van der Waals surface area contributed by atoms with Crippen LogP contribution in [0.2, 0.25) is 0 Å². The average Bonchev–Trinajstić information content (AvgIpc) is 3.14. The Morgan fingerprint density at radius 1 is 1.16 bits per heavy atom. The zero-order chi connectivity index (χ0) is 26.3. The molecule has 0 bridgehead atoms. The van der Waals surface area contributed by atoms with Gasteiger partial charge in [-0.3, -0.25) is 14.4 Å². The minimum Gasteiger partial charge on any atom is -0.496 e. The third kappa shape index (κ3) is 4.70. The molecule has 1 fully saturated rings. The van der Waals surface area contributed by atoms with Crippen LogP contribution in [0.3, 0.4) is 0 Å². The highest BCUT2D eigenvalue weighted by Crippen LogP contribution is 2.33. The van der Waals surface area contributed by atoms with Gasteiger partial charge in [-0.1, -0.05) is 34.6 Å². The average molecular weight is 564 g/mol. The molecular formula is C29H30BrN3O4. The third-order valence-electron chi connectivity index (χ3n) is 7.52. The molecule has 5 rings (SSSR count). The van der Waals surface area contributed by atoms with Crippen LogP contribution < -0.4 is 4.74 Å². The minimum absolute atomic E-state index is 0.0298. The predicted molar refractivity (Wildman–Crippen MR) is 146 cm³/mol. The van der Waals surface area contributed by atoms with Crippen molar-refractivity contribution < 1.29 is 19.1 Å². The zero-order valence-corrected chi connectivity index (χ0v) is 22.7. The van der Waals surface area contributed by atoms with Crippen molar-refractivity contribution in [3.63, 3.8) is 0 Å². The summed E-state index contributed by atoms with van der Waals surface area (Å²) < 4.78 is 8.36. The fourth-order valence-electron chi connectivity index (χ4n) is 5.60. The minimum atomic E-state index is -0.0940. The Morgan fingerprint density at radius 2 is 1.95 bits per heavy atom. The fraction of sp³-hybridized carbons (Fsp3) is 0.345. The van der Waals surface area contributed by atoms with Crippen LogP contribution in [-0.4, -0.2) is 58.7 Å². The number of rotatable bonds is 7. The van der Waals surface area contributed by atoms with Gasteiger partial charge in [-0.15, -0.1) is 0 Å². The molecule has 2 aliphatic heterocycles. The van der Waals surface area contributed by atoms with E-state index < -0.39 is 0 Å². The number of hydrogen-bond acceptors (Lipinski definition) is 4. The fourth-order valence-corrected chi connectivity index (χ4v) is 5.96. The van der Waals surface area contributed by atoms with Crippen LogP contribution in [0.5, 0.6) is 5.75 Å². The molecule has 0 aliphatic carbocycles. The van der Waals surface area contributed by atoms with E-state index in [0.717, 1.165) is 44.4 Å². The number of methoxy groups -OCH3 is 1. The lowest BCUT2D eigenvalue weighted by Gasteiger charge is -2.38. The van der Waals surface area contributed by atoms with Gasteiger partial charge >= 0.3 is 0 Å². The lowest BCUT2D eigenvalue weighted by molar-refractivity contribution is -0.134. The quantitative estimate of drug-likeness (QED) is 0.396. The molecule has 0 atom stereocenters. The number of benzene rings is 2. The van der Waals surface area contributed by atoms with Gasteiger partial charge in [-0.2, -0.15) is 0 Å². The first-order valence-electron chi connectivity index (χ1n) is 12.5. The molecule has 1 aromatic heterocycles. The molecule has 0 unspecified atom stereocenters. The molecule has 2 amide bonds. The van der Waals surface area contributed by atoms with E-state index in [1.807, 2.05) is 52.8 Å². The molecule has 2 aromatic carbocycles. The molecule has 1 saturated heterocycles. The van der Waals surface area contributed by atoms with Gasteiger partial charge < -0.3 is 19.1 Å². The van der Waals surface area contributed by atoms with Gasteiger partial charge in [0.15, 0.2) is 5.78 Å². The number of carbonyl (C=O) groups is 3. The summed E-state index contributed by atoms with van der Waals surface area (Å²) in [5.41, 5.74) is 4.56. The highest BCUT2D eigenvalue weighted by molar-refractivity contribution is 9.10. The summed E-state index contributed by atoms with van der Waals surface area (Å²) in [5.74, 6) is 1.00. The Morgan fingerprint density at radius 3 is 2.68 bits per heavy atom. The number of likely N-dealkylation sites (tertiary alicyclic amines) is 1. The van der Waals surface area contributed by atoms with Crippen LogP contribution in [0.25, 0.3) is 10.9 Å². The van der Waals surface area contributed by atoms with Gasteiger partial charge in [0.25, 0.3) is 5.91 Å². The first kappa shape index (κ1) is 25.3. The lowest BCUT2D eigenvalue weighted by Crippen LogP contribution is -2.50. The summed E-state index contributed by atoms with van der Waals surface area (Å²) in [6.45, 7) is 7.93. The number of carbonyl (C=O) groups excluding carboxylic acids is 3. The van der Waals surface area contributed by atoms with Crippen molar-refractivity contribution in [1.29, 1.82) is 0 Å². The Labute approximate surface area is 224 Å². The van der Waals surface area contributed by atoms with Crippen LogP contribution in [0, 0.1) is 12.8 Å². The van der Waals surface area contributed by atoms with E-state index in [1.165, 1.54) is 6.08 Å². The van der Waals surface area contributed by atoms with Gasteiger partial charge in [0, 0.05) is 65.2 Å². The normalized spacial score (nSPS) is 15.3. The summed E-state index contributed by atoms with van der Waals surface area (Å²) >= 11 is 3.55. The van der Waals surface area contributed by atoms with Crippen molar-refractivity contribution in [2.24, 2.45) is 5.92 Å². The van der Waals surface area contributed by atoms with Gasteiger partial charge in [-0.25, -0.2) is 0 Å². The van der Waals surface area contributed by atoms with Crippen LogP contribution in [0.4, 0.5) is 0 Å². The maximum absolute atomic E-state index is 13.9. The van der Waals surface area contributed by atoms with Gasteiger partial charge in [0.1, 0.15) is 5.75 Å². The SMILES string of the molecule is C=CC(=O)N1CC(CC(=O)Cn2c(C)c(C(=O)N3CCc4c(cccc4OC)C3)c3cc(Br)ccc32)C1. The van der Waals surface area contributed by atoms with Gasteiger partial charge in [0.05, 0.1) is 19.2 Å². The largest absolute Gasteiger partial charge is 0.496 e. The molecule has 37 heavy (non-hydrogen) atoms. The number of hydrogen-bond donors (Lipinski definition) is 0. The Kier molecular flexibility index (Phi) is 6.94. The second-order valence-corrected chi connectivity index (χ2v) is 10.8. The van der Waals surface area contributed by atoms with E-state index in [-0.39, 0.29) is 30.1 Å². The van der Waals surface area contributed by atoms with Crippen LogP contribution in [0.15, 0.2) is 53.5 Å². The van der Waals surface area contributed by atoms with E-state index in [0.29, 0.717) is 38.2 Å². The second kappa shape index (κ2) is 10.2. The van der Waals surface area contributed by atoms with Crippen LogP contribution in [-0.2, 0) is 29.1 Å². The number of ether oxygens (including phenoxy) is 1. The zero-order valence-electron chi connectivity index (χ0n) is 21.1. The maximum atomic E-state index is 13.9. The Balaban J connectivity index is 1.39. The Hall–Kier alpha value is -3.39. The van der Waals surface area contributed by atoms with Crippen molar-refractivity contribution in [3.05, 3.63) is 75.9 Å². The topological polar surface area (TPSA) is 71.9 Å². The van der Waals surface area contributed by atoms with Crippen molar-refractivity contribution >= 4 is 44.4 Å². The highest BCUT2D eigenvalue weighted by atomic mass is 79.9. The summed E-state index contributed by atoms with van der Waals surface area (Å²) in [6, 6.07) is 11.8. The number of Topliss-reactive ketones (excluding diaryl/α,β-unsaturated/α-hetero) is 1. The number of nitrogens with zero attached hydrogens (tertiary/aromatic N) is 3. The molecule has 8 heteroatoms. The van der Waals surface area contributed by atoms with E-state index in [9.17, 15) is 14.4 Å². The molecule has 3 heterocycles.